The summed E-state index contributed by atoms with van der Waals surface area (Å²) in [4.78, 5) is 2.39. The van der Waals surface area contributed by atoms with Crippen molar-refractivity contribution in [3.8, 4) is 11.3 Å². The van der Waals surface area contributed by atoms with Gasteiger partial charge in [0.1, 0.15) is 5.82 Å². The number of hydrogen-bond acceptors (Lipinski definition) is 3. The van der Waals surface area contributed by atoms with Crippen LogP contribution >= 0.6 is 0 Å². The Hall–Kier alpha value is -2.50. The van der Waals surface area contributed by atoms with Gasteiger partial charge in [0, 0.05) is 30.9 Å². The lowest BCUT2D eigenvalue weighted by atomic mass is 9.88. The molecule has 1 atom stereocenters. The van der Waals surface area contributed by atoms with Crippen molar-refractivity contribution in [2.24, 2.45) is 13.0 Å². The molecule has 2 aromatic carbocycles. The molecular weight excluding hydrogens is 377 g/mol. The molecule has 1 fully saturated rings. The van der Waals surface area contributed by atoms with Crippen LogP contribution in [0.15, 0.2) is 60.8 Å². The third kappa shape index (κ3) is 4.97. The molecule has 4 rings (SSSR count). The Morgan fingerprint density at radius 2 is 1.77 bits per heavy atom. The molecule has 1 aliphatic heterocycles. The minimum absolute atomic E-state index is 0.238. The van der Waals surface area contributed by atoms with E-state index < -0.39 is 0 Å². The van der Waals surface area contributed by atoms with Crippen molar-refractivity contribution in [1.82, 2.24) is 14.7 Å². The number of aliphatic hydroxyl groups excluding tert-OH is 1. The number of halogens is 1. The first-order valence-electron chi connectivity index (χ1n) is 10.8. The molecule has 1 saturated heterocycles. The molecule has 2 heterocycles. The van der Waals surface area contributed by atoms with Crippen LogP contribution in [0.5, 0.6) is 0 Å². The van der Waals surface area contributed by atoms with Crippen molar-refractivity contribution in [2.45, 2.75) is 38.3 Å². The number of hydrogen-bond donors (Lipinski definition) is 1. The van der Waals surface area contributed by atoms with Crippen LogP contribution in [-0.2, 0) is 20.0 Å². The first-order valence-corrected chi connectivity index (χ1v) is 10.8. The number of likely N-dealkylation sites (tertiary alicyclic amines) is 1. The van der Waals surface area contributed by atoms with Crippen LogP contribution in [0.2, 0.25) is 0 Å². The highest BCUT2D eigenvalue weighted by atomic mass is 19.1. The zero-order valence-corrected chi connectivity index (χ0v) is 17.5. The minimum Gasteiger partial charge on any atom is -0.393 e. The predicted molar refractivity (Wildman–Crippen MR) is 117 cm³/mol. The van der Waals surface area contributed by atoms with E-state index >= 15 is 0 Å². The topological polar surface area (TPSA) is 41.3 Å². The molecule has 1 N–H and O–H groups in total. The van der Waals surface area contributed by atoms with Crippen LogP contribution in [0.4, 0.5) is 4.39 Å². The highest BCUT2D eigenvalue weighted by Crippen LogP contribution is 2.28. The average molecular weight is 408 g/mol. The Bertz CT molecular complexity index is 948. The fourth-order valence-corrected chi connectivity index (χ4v) is 4.46. The second kappa shape index (κ2) is 9.54. The van der Waals surface area contributed by atoms with E-state index in [1.54, 1.807) is 16.8 Å². The molecule has 4 nitrogen and oxygen atoms in total. The van der Waals surface area contributed by atoms with Gasteiger partial charge in [0.2, 0.25) is 0 Å². The molecule has 0 aliphatic carbocycles. The van der Waals surface area contributed by atoms with Gasteiger partial charge in [-0.3, -0.25) is 9.58 Å². The van der Waals surface area contributed by atoms with Gasteiger partial charge in [-0.05, 0) is 62.4 Å². The summed E-state index contributed by atoms with van der Waals surface area (Å²) < 4.78 is 16.0. The number of nitrogens with zero attached hydrogens (tertiary/aromatic N) is 3. The number of benzene rings is 2. The average Bonchev–Trinajstić information content (AvgIpc) is 3.13. The molecule has 5 heteroatoms. The third-order valence-electron chi connectivity index (χ3n) is 6.18. The quantitative estimate of drug-likeness (QED) is 0.630. The van der Waals surface area contributed by atoms with Gasteiger partial charge >= 0.3 is 0 Å². The van der Waals surface area contributed by atoms with Gasteiger partial charge in [-0.2, -0.15) is 5.10 Å². The van der Waals surface area contributed by atoms with Crippen LogP contribution in [0.1, 0.15) is 30.4 Å². The molecule has 1 aliphatic rings. The molecule has 1 aromatic heterocycles. The maximum atomic E-state index is 14.3. The second-order valence-corrected chi connectivity index (χ2v) is 8.36. The molecule has 0 saturated carbocycles. The Balaban J connectivity index is 1.33. The Labute approximate surface area is 178 Å². The van der Waals surface area contributed by atoms with E-state index in [9.17, 15) is 9.50 Å². The zero-order chi connectivity index (χ0) is 20.9. The monoisotopic (exact) mass is 407 g/mol. The lowest BCUT2D eigenvalue weighted by Gasteiger charge is -2.34. The third-order valence-corrected chi connectivity index (χ3v) is 6.18. The maximum Gasteiger partial charge on any atom is 0.132 e. The highest BCUT2D eigenvalue weighted by molar-refractivity contribution is 5.63. The molecule has 30 heavy (non-hydrogen) atoms. The number of aliphatic hydroxyl groups is 1. The van der Waals surface area contributed by atoms with Crippen LogP contribution in [0, 0.1) is 11.7 Å². The molecule has 0 amide bonds. The SMILES string of the molecule is Cn1cc(CN2CCC([C@H](O)CCc3ccccc3)CC2)c(-c2ccccc2F)n1. The van der Waals surface area contributed by atoms with Gasteiger partial charge in [-0.15, -0.1) is 0 Å². The van der Waals surface area contributed by atoms with E-state index in [0.717, 1.165) is 56.6 Å². The van der Waals surface area contributed by atoms with Crippen molar-refractivity contribution in [2.75, 3.05) is 13.1 Å². The van der Waals surface area contributed by atoms with E-state index in [1.807, 2.05) is 37.5 Å². The van der Waals surface area contributed by atoms with Crippen molar-refractivity contribution < 1.29 is 9.50 Å². The van der Waals surface area contributed by atoms with Crippen molar-refractivity contribution >= 4 is 0 Å². The standard InChI is InChI=1S/C25H30FN3O/c1-28-17-21(25(27-28)22-9-5-6-10-23(22)26)18-29-15-13-20(14-16-29)24(30)12-11-19-7-3-2-4-8-19/h2-10,17,20,24,30H,11-16,18H2,1H3/t24-/m1/s1. The van der Waals surface area contributed by atoms with Crippen molar-refractivity contribution in [3.05, 3.63) is 77.7 Å². The lowest BCUT2D eigenvalue weighted by molar-refractivity contribution is 0.0520. The fraction of sp³-hybridized carbons (Fsp3) is 0.400. The number of rotatable bonds is 7. The molecular formula is C25H30FN3O. The van der Waals surface area contributed by atoms with Gasteiger partial charge < -0.3 is 5.11 Å². The van der Waals surface area contributed by atoms with Gasteiger partial charge in [-0.1, -0.05) is 42.5 Å². The lowest BCUT2D eigenvalue weighted by Crippen LogP contribution is -2.37. The van der Waals surface area contributed by atoms with E-state index in [2.05, 4.69) is 22.1 Å². The van der Waals surface area contributed by atoms with Gasteiger partial charge in [0.05, 0.1) is 11.8 Å². The Kier molecular flexibility index (Phi) is 6.60. The van der Waals surface area contributed by atoms with Crippen molar-refractivity contribution in [3.63, 3.8) is 0 Å². The normalized spacial score (nSPS) is 16.6. The smallest absolute Gasteiger partial charge is 0.132 e. The van der Waals surface area contributed by atoms with Crippen LogP contribution in [0.3, 0.4) is 0 Å². The van der Waals surface area contributed by atoms with E-state index in [4.69, 9.17) is 0 Å². The second-order valence-electron chi connectivity index (χ2n) is 8.36. The molecule has 158 valence electrons. The predicted octanol–water partition coefficient (Wildman–Crippen LogP) is 4.43. The van der Waals surface area contributed by atoms with Crippen LogP contribution in [-0.4, -0.2) is 39.0 Å². The summed E-state index contributed by atoms with van der Waals surface area (Å²) >= 11 is 0. The zero-order valence-electron chi connectivity index (χ0n) is 17.5. The van der Waals surface area contributed by atoms with Gasteiger partial charge in [-0.25, -0.2) is 4.39 Å². The summed E-state index contributed by atoms with van der Waals surface area (Å²) in [6.07, 6.45) is 5.46. The summed E-state index contributed by atoms with van der Waals surface area (Å²) in [7, 11) is 1.88. The first-order chi connectivity index (χ1) is 14.6. The molecule has 0 radical (unpaired) electrons. The summed E-state index contributed by atoms with van der Waals surface area (Å²) in [6.45, 7) is 2.64. The summed E-state index contributed by atoms with van der Waals surface area (Å²) in [5, 5.41) is 15.2. The number of piperidine rings is 1. The minimum atomic E-state index is -0.250. The molecule has 3 aromatic rings. The van der Waals surface area contributed by atoms with Crippen molar-refractivity contribution in [1.29, 1.82) is 0 Å². The van der Waals surface area contributed by atoms with Crippen LogP contribution in [0.25, 0.3) is 11.3 Å². The van der Waals surface area contributed by atoms with Crippen LogP contribution < -0.4 is 0 Å². The number of aromatic nitrogens is 2. The summed E-state index contributed by atoms with van der Waals surface area (Å²) in [5.74, 6) is 0.114. The van der Waals surface area contributed by atoms with E-state index in [-0.39, 0.29) is 11.9 Å². The van der Waals surface area contributed by atoms with Gasteiger partial charge in [0.15, 0.2) is 0 Å². The Morgan fingerprint density at radius 1 is 1.07 bits per heavy atom. The van der Waals surface area contributed by atoms with E-state index in [1.165, 1.54) is 11.6 Å². The Morgan fingerprint density at radius 3 is 2.50 bits per heavy atom. The summed E-state index contributed by atoms with van der Waals surface area (Å²) in [5.41, 5.74) is 3.61. The molecule has 0 unspecified atom stereocenters. The van der Waals surface area contributed by atoms with Gasteiger partial charge in [0.25, 0.3) is 0 Å². The fourth-order valence-electron chi connectivity index (χ4n) is 4.46. The largest absolute Gasteiger partial charge is 0.393 e. The highest BCUT2D eigenvalue weighted by Gasteiger charge is 2.26. The molecule has 0 bridgehead atoms. The molecule has 0 spiro atoms. The first kappa shape index (κ1) is 20.8. The number of aryl methyl sites for hydroxylation is 2. The van der Waals surface area contributed by atoms with E-state index in [0.29, 0.717) is 11.5 Å². The summed E-state index contributed by atoms with van der Waals surface area (Å²) in [6, 6.07) is 17.2. The maximum absolute atomic E-state index is 14.3.